The van der Waals surface area contributed by atoms with E-state index < -0.39 is 0 Å². The number of hydrogen-bond donors (Lipinski definition) is 1. The van der Waals surface area contributed by atoms with Gasteiger partial charge in [0.2, 0.25) is 0 Å². The Morgan fingerprint density at radius 2 is 1.88 bits per heavy atom. The molecule has 0 spiro atoms. The summed E-state index contributed by atoms with van der Waals surface area (Å²) in [6.45, 7) is 3.49. The van der Waals surface area contributed by atoms with Crippen LogP contribution < -0.4 is 10.6 Å². The number of nitrogens with zero attached hydrogens (tertiary/aromatic N) is 2. The first kappa shape index (κ1) is 11.6. The van der Waals surface area contributed by atoms with Gasteiger partial charge in [0.25, 0.3) is 0 Å². The quantitative estimate of drug-likeness (QED) is 0.873. The van der Waals surface area contributed by atoms with E-state index in [9.17, 15) is 0 Å². The summed E-state index contributed by atoms with van der Waals surface area (Å²) in [5, 5.41) is 0. The molecule has 17 heavy (non-hydrogen) atoms. The van der Waals surface area contributed by atoms with E-state index in [-0.39, 0.29) is 0 Å². The first-order valence-electron chi connectivity index (χ1n) is 5.83. The number of pyridine rings is 1. The fraction of sp³-hybridized carbons (Fsp3) is 0.214. The Labute approximate surface area is 102 Å². The van der Waals surface area contributed by atoms with Gasteiger partial charge < -0.3 is 10.6 Å². The second kappa shape index (κ2) is 5.46. The van der Waals surface area contributed by atoms with Crippen molar-refractivity contribution in [2.24, 2.45) is 5.73 Å². The van der Waals surface area contributed by atoms with E-state index >= 15 is 0 Å². The molecule has 0 atom stereocenters. The standard InChI is InChI=1S/C14H17N3/c1-2-17(13-8-4-3-5-9-13)14-12(11-15)7-6-10-16-14/h3-10H,2,11,15H2,1H3. The summed E-state index contributed by atoms with van der Waals surface area (Å²) in [4.78, 5) is 6.61. The van der Waals surface area contributed by atoms with Gasteiger partial charge in [-0.3, -0.25) is 0 Å². The summed E-state index contributed by atoms with van der Waals surface area (Å²) >= 11 is 0. The van der Waals surface area contributed by atoms with Crippen molar-refractivity contribution in [3.63, 3.8) is 0 Å². The van der Waals surface area contributed by atoms with Gasteiger partial charge in [0.1, 0.15) is 5.82 Å². The Morgan fingerprint density at radius 1 is 1.12 bits per heavy atom. The van der Waals surface area contributed by atoms with Crippen LogP contribution in [0.25, 0.3) is 0 Å². The highest BCUT2D eigenvalue weighted by molar-refractivity contribution is 5.62. The maximum Gasteiger partial charge on any atom is 0.137 e. The second-order valence-electron chi connectivity index (χ2n) is 3.77. The van der Waals surface area contributed by atoms with E-state index in [1.54, 1.807) is 6.20 Å². The monoisotopic (exact) mass is 227 g/mol. The van der Waals surface area contributed by atoms with Gasteiger partial charge in [-0.25, -0.2) is 4.98 Å². The lowest BCUT2D eigenvalue weighted by molar-refractivity contribution is 0.948. The highest BCUT2D eigenvalue weighted by Crippen LogP contribution is 2.25. The molecule has 0 radical (unpaired) electrons. The maximum atomic E-state index is 5.75. The molecule has 0 fully saturated rings. The van der Waals surface area contributed by atoms with Crippen LogP contribution in [0.15, 0.2) is 48.7 Å². The van der Waals surface area contributed by atoms with E-state index in [0.717, 1.165) is 23.6 Å². The van der Waals surface area contributed by atoms with Crippen molar-refractivity contribution in [1.29, 1.82) is 0 Å². The van der Waals surface area contributed by atoms with Gasteiger partial charge in [0.05, 0.1) is 0 Å². The first-order valence-corrected chi connectivity index (χ1v) is 5.83. The molecule has 1 aromatic heterocycles. The molecule has 0 aliphatic heterocycles. The lowest BCUT2D eigenvalue weighted by Crippen LogP contribution is -2.19. The van der Waals surface area contributed by atoms with Gasteiger partial charge in [0, 0.05) is 30.5 Å². The third-order valence-corrected chi connectivity index (χ3v) is 2.73. The molecule has 0 saturated heterocycles. The average Bonchev–Trinajstić information content (AvgIpc) is 2.41. The Balaban J connectivity index is 2.42. The van der Waals surface area contributed by atoms with Crippen molar-refractivity contribution >= 4 is 11.5 Å². The largest absolute Gasteiger partial charge is 0.326 e. The van der Waals surface area contributed by atoms with Gasteiger partial charge in [-0.1, -0.05) is 24.3 Å². The predicted molar refractivity (Wildman–Crippen MR) is 71.3 cm³/mol. The fourth-order valence-corrected chi connectivity index (χ4v) is 1.90. The van der Waals surface area contributed by atoms with Gasteiger partial charge >= 0.3 is 0 Å². The Kier molecular flexibility index (Phi) is 3.73. The van der Waals surface area contributed by atoms with E-state index in [1.165, 1.54) is 0 Å². The summed E-state index contributed by atoms with van der Waals surface area (Å²) in [5.74, 6) is 0.948. The summed E-state index contributed by atoms with van der Waals surface area (Å²) in [6, 6.07) is 14.2. The van der Waals surface area contributed by atoms with Crippen molar-refractivity contribution in [2.45, 2.75) is 13.5 Å². The smallest absolute Gasteiger partial charge is 0.137 e. The summed E-state index contributed by atoms with van der Waals surface area (Å²) in [5.41, 5.74) is 7.96. The third kappa shape index (κ3) is 2.45. The Morgan fingerprint density at radius 3 is 2.53 bits per heavy atom. The van der Waals surface area contributed by atoms with Crippen molar-refractivity contribution in [1.82, 2.24) is 4.98 Å². The molecular weight excluding hydrogens is 210 g/mol. The molecule has 2 aromatic rings. The molecule has 0 bridgehead atoms. The van der Waals surface area contributed by atoms with Gasteiger partial charge in [0.15, 0.2) is 0 Å². The molecule has 2 rings (SSSR count). The number of hydrogen-bond acceptors (Lipinski definition) is 3. The highest BCUT2D eigenvalue weighted by Gasteiger charge is 2.11. The summed E-state index contributed by atoms with van der Waals surface area (Å²) in [7, 11) is 0. The van der Waals surface area contributed by atoms with Crippen molar-refractivity contribution in [3.8, 4) is 0 Å². The minimum absolute atomic E-state index is 0.506. The zero-order chi connectivity index (χ0) is 12.1. The van der Waals surface area contributed by atoms with Gasteiger partial charge in [-0.2, -0.15) is 0 Å². The van der Waals surface area contributed by atoms with E-state index in [1.807, 2.05) is 30.3 Å². The van der Waals surface area contributed by atoms with E-state index in [0.29, 0.717) is 6.54 Å². The number of nitrogens with two attached hydrogens (primary N) is 1. The fourth-order valence-electron chi connectivity index (χ4n) is 1.90. The van der Waals surface area contributed by atoms with Gasteiger partial charge in [-0.15, -0.1) is 0 Å². The summed E-state index contributed by atoms with van der Waals surface area (Å²) in [6.07, 6.45) is 1.81. The molecule has 0 aliphatic rings. The van der Waals surface area contributed by atoms with Crippen LogP contribution in [0.2, 0.25) is 0 Å². The molecular formula is C14H17N3. The molecule has 0 aliphatic carbocycles. The van der Waals surface area contributed by atoms with Crippen molar-refractivity contribution in [2.75, 3.05) is 11.4 Å². The molecule has 3 nitrogen and oxygen atoms in total. The minimum atomic E-state index is 0.506. The van der Waals surface area contributed by atoms with Crippen LogP contribution in [0.1, 0.15) is 12.5 Å². The van der Waals surface area contributed by atoms with Gasteiger partial charge in [-0.05, 0) is 25.1 Å². The molecule has 0 saturated carbocycles. The topological polar surface area (TPSA) is 42.2 Å². The lowest BCUT2D eigenvalue weighted by Gasteiger charge is -2.24. The normalized spacial score (nSPS) is 10.2. The minimum Gasteiger partial charge on any atom is -0.326 e. The number of aromatic nitrogens is 1. The summed E-state index contributed by atoms with van der Waals surface area (Å²) < 4.78 is 0. The maximum absolute atomic E-state index is 5.75. The number of benzene rings is 1. The SMILES string of the molecule is CCN(c1ccccc1)c1ncccc1CN. The Hall–Kier alpha value is -1.87. The first-order chi connectivity index (χ1) is 8.36. The molecule has 0 unspecified atom stereocenters. The van der Waals surface area contributed by atoms with Crippen LogP contribution in [-0.2, 0) is 6.54 Å². The van der Waals surface area contributed by atoms with Crippen LogP contribution in [0.4, 0.5) is 11.5 Å². The molecule has 3 heteroatoms. The average molecular weight is 227 g/mol. The molecule has 0 amide bonds. The number of para-hydroxylation sites is 1. The van der Waals surface area contributed by atoms with Crippen LogP contribution in [0, 0.1) is 0 Å². The molecule has 88 valence electrons. The van der Waals surface area contributed by atoms with Crippen LogP contribution in [0.3, 0.4) is 0 Å². The Bertz CT molecular complexity index is 468. The number of anilines is 2. The van der Waals surface area contributed by atoms with Crippen molar-refractivity contribution in [3.05, 3.63) is 54.2 Å². The molecule has 1 heterocycles. The number of rotatable bonds is 4. The molecule has 2 N–H and O–H groups in total. The highest BCUT2D eigenvalue weighted by atomic mass is 15.2. The zero-order valence-electron chi connectivity index (χ0n) is 10.0. The van der Waals surface area contributed by atoms with Crippen LogP contribution in [0.5, 0.6) is 0 Å². The van der Waals surface area contributed by atoms with Crippen LogP contribution in [-0.4, -0.2) is 11.5 Å². The van der Waals surface area contributed by atoms with Crippen molar-refractivity contribution < 1.29 is 0 Å². The van der Waals surface area contributed by atoms with E-state index in [4.69, 9.17) is 5.73 Å². The zero-order valence-corrected chi connectivity index (χ0v) is 10.0. The van der Waals surface area contributed by atoms with E-state index in [2.05, 4.69) is 28.9 Å². The van der Waals surface area contributed by atoms with Crippen LogP contribution >= 0.6 is 0 Å². The second-order valence-corrected chi connectivity index (χ2v) is 3.77. The molecule has 1 aromatic carbocycles. The third-order valence-electron chi connectivity index (χ3n) is 2.73. The lowest BCUT2D eigenvalue weighted by atomic mass is 10.2. The predicted octanol–water partition coefficient (Wildman–Crippen LogP) is 2.70.